The van der Waals surface area contributed by atoms with Crippen LogP contribution in [0.2, 0.25) is 0 Å². The molecule has 6 heteroatoms. The Hall–Kier alpha value is -0.850. The average Bonchev–Trinajstić information content (AvgIpc) is 2.20. The van der Waals surface area contributed by atoms with Gasteiger partial charge >= 0.3 is 6.03 Å². The summed E-state index contributed by atoms with van der Waals surface area (Å²) in [7, 11) is 1.65. The van der Waals surface area contributed by atoms with E-state index in [1.165, 1.54) is 0 Å². The van der Waals surface area contributed by atoms with Crippen LogP contribution in [0.3, 0.4) is 0 Å². The fourth-order valence-electron chi connectivity index (χ4n) is 1.31. The van der Waals surface area contributed by atoms with Gasteiger partial charge in [0.15, 0.2) is 0 Å². The Morgan fingerprint density at radius 1 is 1.43 bits per heavy atom. The summed E-state index contributed by atoms with van der Waals surface area (Å²) in [4.78, 5) is 13.2. The van der Waals surface area contributed by atoms with E-state index in [1.54, 1.807) is 7.05 Å². The highest BCUT2D eigenvalue weighted by Gasteiger charge is 2.09. The van der Waals surface area contributed by atoms with Crippen molar-refractivity contribution in [3.05, 3.63) is 0 Å². The molecule has 1 rings (SSSR count). The smallest absolute Gasteiger partial charge is 0.329 e. The molecule has 14 heavy (non-hydrogen) atoms. The highest BCUT2D eigenvalue weighted by molar-refractivity contribution is 5.73. The topological polar surface area (TPSA) is 65.6 Å². The van der Waals surface area contributed by atoms with Gasteiger partial charge in [0.05, 0.1) is 13.2 Å². The van der Waals surface area contributed by atoms with E-state index in [-0.39, 0.29) is 6.03 Å². The lowest BCUT2D eigenvalue weighted by Crippen LogP contribution is -2.46. The SMILES string of the molecule is CNNC(=O)NCCN1CCOCC1. The van der Waals surface area contributed by atoms with Gasteiger partial charge in [0.2, 0.25) is 0 Å². The minimum atomic E-state index is -0.194. The fraction of sp³-hybridized carbons (Fsp3) is 0.875. The molecule has 0 spiro atoms. The zero-order valence-electron chi connectivity index (χ0n) is 8.51. The van der Waals surface area contributed by atoms with E-state index in [1.807, 2.05) is 0 Å². The Morgan fingerprint density at radius 3 is 2.79 bits per heavy atom. The maximum atomic E-state index is 11.0. The van der Waals surface area contributed by atoms with E-state index in [0.717, 1.165) is 32.8 Å². The fourth-order valence-corrected chi connectivity index (χ4v) is 1.31. The molecular formula is C8H18N4O2. The second-order valence-corrected chi connectivity index (χ2v) is 3.08. The molecule has 0 aromatic rings. The molecule has 3 N–H and O–H groups in total. The third-order valence-electron chi connectivity index (χ3n) is 2.06. The van der Waals surface area contributed by atoms with E-state index in [9.17, 15) is 4.79 Å². The molecular weight excluding hydrogens is 184 g/mol. The molecule has 1 heterocycles. The summed E-state index contributed by atoms with van der Waals surface area (Å²) in [6, 6.07) is -0.194. The number of nitrogens with one attached hydrogen (secondary N) is 3. The third-order valence-corrected chi connectivity index (χ3v) is 2.06. The number of carbonyl (C=O) groups is 1. The van der Waals surface area contributed by atoms with Gasteiger partial charge < -0.3 is 10.1 Å². The molecule has 1 fully saturated rings. The predicted octanol–water partition coefficient (Wildman–Crippen LogP) is -1.25. The van der Waals surface area contributed by atoms with Crippen molar-refractivity contribution in [1.29, 1.82) is 0 Å². The third kappa shape index (κ3) is 4.40. The van der Waals surface area contributed by atoms with Crippen molar-refractivity contribution in [2.24, 2.45) is 0 Å². The van der Waals surface area contributed by atoms with Gasteiger partial charge in [0.25, 0.3) is 0 Å². The molecule has 0 bridgehead atoms. The lowest BCUT2D eigenvalue weighted by atomic mass is 10.4. The first-order chi connectivity index (χ1) is 6.83. The summed E-state index contributed by atoms with van der Waals surface area (Å²) >= 11 is 0. The van der Waals surface area contributed by atoms with Crippen molar-refractivity contribution in [2.75, 3.05) is 46.4 Å². The Morgan fingerprint density at radius 2 is 2.14 bits per heavy atom. The van der Waals surface area contributed by atoms with Crippen molar-refractivity contribution in [1.82, 2.24) is 21.1 Å². The summed E-state index contributed by atoms with van der Waals surface area (Å²) in [5.74, 6) is 0. The molecule has 1 aliphatic heterocycles. The van der Waals surface area contributed by atoms with Crippen LogP contribution in [0.5, 0.6) is 0 Å². The second-order valence-electron chi connectivity index (χ2n) is 3.08. The van der Waals surface area contributed by atoms with Gasteiger partial charge in [-0.05, 0) is 0 Å². The van der Waals surface area contributed by atoms with Gasteiger partial charge in [0, 0.05) is 33.2 Å². The van der Waals surface area contributed by atoms with Gasteiger partial charge in [-0.25, -0.2) is 10.2 Å². The lowest BCUT2D eigenvalue weighted by molar-refractivity contribution is 0.0387. The van der Waals surface area contributed by atoms with E-state index in [0.29, 0.717) is 6.54 Å². The summed E-state index contributed by atoms with van der Waals surface area (Å²) in [5, 5.41) is 2.74. The normalized spacial score (nSPS) is 17.8. The van der Waals surface area contributed by atoms with Crippen LogP contribution in [-0.4, -0.2) is 57.4 Å². The number of carbonyl (C=O) groups excluding carboxylic acids is 1. The predicted molar refractivity (Wildman–Crippen MR) is 52.9 cm³/mol. The second kappa shape index (κ2) is 6.58. The van der Waals surface area contributed by atoms with Crippen molar-refractivity contribution >= 4 is 6.03 Å². The average molecular weight is 202 g/mol. The number of hydrazine groups is 1. The van der Waals surface area contributed by atoms with Gasteiger partial charge in [-0.3, -0.25) is 10.3 Å². The summed E-state index contributed by atoms with van der Waals surface area (Å²) in [5.41, 5.74) is 5.00. The van der Waals surface area contributed by atoms with Crippen molar-refractivity contribution in [3.63, 3.8) is 0 Å². The Labute approximate surface area is 83.9 Å². The van der Waals surface area contributed by atoms with Gasteiger partial charge in [-0.2, -0.15) is 0 Å². The monoisotopic (exact) mass is 202 g/mol. The van der Waals surface area contributed by atoms with Crippen molar-refractivity contribution in [2.45, 2.75) is 0 Å². The minimum Gasteiger partial charge on any atom is -0.379 e. The van der Waals surface area contributed by atoms with Crippen LogP contribution in [-0.2, 0) is 4.74 Å². The van der Waals surface area contributed by atoms with Gasteiger partial charge in [-0.15, -0.1) is 0 Å². The summed E-state index contributed by atoms with van der Waals surface area (Å²) in [6.45, 7) is 5.03. The number of amides is 2. The first-order valence-corrected chi connectivity index (χ1v) is 4.83. The van der Waals surface area contributed by atoms with Gasteiger partial charge in [-0.1, -0.05) is 0 Å². The number of rotatable bonds is 4. The summed E-state index contributed by atoms with van der Waals surface area (Å²) < 4.78 is 5.21. The molecule has 0 atom stereocenters. The summed E-state index contributed by atoms with van der Waals surface area (Å²) in [6.07, 6.45) is 0. The first-order valence-electron chi connectivity index (χ1n) is 4.83. The van der Waals surface area contributed by atoms with Gasteiger partial charge in [0.1, 0.15) is 0 Å². The molecule has 82 valence electrons. The number of ether oxygens (including phenoxy) is 1. The molecule has 0 unspecified atom stereocenters. The molecule has 1 aliphatic rings. The van der Waals surface area contributed by atoms with Crippen LogP contribution in [0.4, 0.5) is 4.79 Å². The molecule has 2 amide bonds. The van der Waals surface area contributed by atoms with Crippen LogP contribution in [0.15, 0.2) is 0 Å². The highest BCUT2D eigenvalue weighted by Crippen LogP contribution is 1.94. The highest BCUT2D eigenvalue weighted by atomic mass is 16.5. The quantitative estimate of drug-likeness (QED) is 0.499. The molecule has 1 saturated heterocycles. The number of urea groups is 1. The maximum absolute atomic E-state index is 11.0. The van der Waals surface area contributed by atoms with E-state index < -0.39 is 0 Å². The van der Waals surface area contributed by atoms with Crippen molar-refractivity contribution in [3.8, 4) is 0 Å². The molecule has 0 aliphatic carbocycles. The Balaban J connectivity index is 1.99. The first kappa shape index (κ1) is 11.2. The lowest BCUT2D eigenvalue weighted by Gasteiger charge is -2.26. The van der Waals surface area contributed by atoms with Crippen LogP contribution in [0.1, 0.15) is 0 Å². The molecule has 0 aromatic heterocycles. The molecule has 0 radical (unpaired) electrons. The van der Waals surface area contributed by atoms with E-state index in [2.05, 4.69) is 21.1 Å². The van der Waals surface area contributed by atoms with Crippen molar-refractivity contribution < 1.29 is 9.53 Å². The molecule has 0 aromatic carbocycles. The zero-order valence-corrected chi connectivity index (χ0v) is 8.51. The number of hydrogen-bond donors (Lipinski definition) is 3. The number of nitrogens with zero attached hydrogens (tertiary/aromatic N) is 1. The van der Waals surface area contributed by atoms with Crippen LogP contribution < -0.4 is 16.2 Å². The number of morpholine rings is 1. The molecule has 0 saturated carbocycles. The molecule has 6 nitrogen and oxygen atoms in total. The zero-order chi connectivity index (χ0) is 10.2. The Bertz CT molecular complexity index is 171. The van der Waals surface area contributed by atoms with E-state index >= 15 is 0 Å². The number of hydrogen-bond acceptors (Lipinski definition) is 4. The van der Waals surface area contributed by atoms with Crippen LogP contribution in [0, 0.1) is 0 Å². The van der Waals surface area contributed by atoms with Crippen LogP contribution >= 0.6 is 0 Å². The van der Waals surface area contributed by atoms with E-state index in [4.69, 9.17) is 4.74 Å². The Kier molecular flexibility index (Phi) is 5.28. The van der Waals surface area contributed by atoms with Crippen LogP contribution in [0.25, 0.3) is 0 Å². The minimum absolute atomic E-state index is 0.194. The maximum Gasteiger partial charge on any atom is 0.329 e. The largest absolute Gasteiger partial charge is 0.379 e. The standard InChI is InChI=1S/C8H18N4O2/c1-9-11-8(13)10-2-3-12-4-6-14-7-5-12/h9H,2-7H2,1H3,(H2,10,11,13).